The number of thioether (sulfide) groups is 1. The maximum absolute atomic E-state index is 12.2. The van der Waals surface area contributed by atoms with Gasteiger partial charge < -0.3 is 10.1 Å². The highest BCUT2D eigenvalue weighted by atomic mass is 32.2. The van der Waals surface area contributed by atoms with Crippen molar-refractivity contribution >= 4 is 23.6 Å². The van der Waals surface area contributed by atoms with E-state index in [1.54, 1.807) is 6.92 Å². The van der Waals surface area contributed by atoms with Crippen molar-refractivity contribution in [2.45, 2.75) is 50.7 Å². The van der Waals surface area contributed by atoms with Crippen molar-refractivity contribution in [1.29, 1.82) is 0 Å². The van der Waals surface area contributed by atoms with Crippen LogP contribution in [0.2, 0.25) is 0 Å². The lowest BCUT2D eigenvalue weighted by Gasteiger charge is -2.18. The predicted octanol–water partition coefficient (Wildman–Crippen LogP) is 4.16. The molecule has 0 saturated carbocycles. The second-order valence-corrected chi connectivity index (χ2v) is 7.64. The SMILES string of the molecule is Cc1ccccc1SCC(=O)O[C@H](C)C(=O)N[C@@H](C)CCc1ccccc1. The number of ether oxygens (including phenoxy) is 1. The van der Waals surface area contributed by atoms with Crippen LogP contribution in [-0.4, -0.2) is 29.8 Å². The Morgan fingerprint density at radius 3 is 2.41 bits per heavy atom. The van der Waals surface area contributed by atoms with E-state index < -0.39 is 6.10 Å². The Morgan fingerprint density at radius 2 is 1.70 bits per heavy atom. The Bertz CT molecular complexity index is 748. The zero-order valence-corrected chi connectivity index (χ0v) is 16.9. The van der Waals surface area contributed by atoms with E-state index in [1.165, 1.54) is 17.3 Å². The molecule has 2 rings (SSSR count). The summed E-state index contributed by atoms with van der Waals surface area (Å²) in [6, 6.07) is 18.0. The number of carbonyl (C=O) groups excluding carboxylic acids is 2. The molecule has 0 aliphatic carbocycles. The number of esters is 1. The fourth-order valence-corrected chi connectivity index (χ4v) is 3.41. The van der Waals surface area contributed by atoms with Crippen LogP contribution in [0.3, 0.4) is 0 Å². The monoisotopic (exact) mass is 385 g/mol. The lowest BCUT2D eigenvalue weighted by molar-refractivity contribution is -0.152. The van der Waals surface area contributed by atoms with Gasteiger partial charge in [0.25, 0.3) is 5.91 Å². The number of amides is 1. The molecule has 2 aromatic rings. The van der Waals surface area contributed by atoms with Crippen LogP contribution in [0.15, 0.2) is 59.5 Å². The number of aryl methyl sites for hydroxylation is 2. The van der Waals surface area contributed by atoms with E-state index in [0.29, 0.717) is 0 Å². The molecule has 2 aromatic carbocycles. The van der Waals surface area contributed by atoms with Gasteiger partial charge in [-0.3, -0.25) is 9.59 Å². The number of carbonyl (C=O) groups is 2. The third-order valence-corrected chi connectivity index (χ3v) is 5.36. The Kier molecular flexibility index (Phi) is 8.40. The number of nitrogens with one attached hydrogen (secondary N) is 1. The molecule has 0 fully saturated rings. The predicted molar refractivity (Wildman–Crippen MR) is 110 cm³/mol. The highest BCUT2D eigenvalue weighted by Crippen LogP contribution is 2.21. The molecule has 5 heteroatoms. The summed E-state index contributed by atoms with van der Waals surface area (Å²) in [5.41, 5.74) is 2.36. The average molecular weight is 386 g/mol. The van der Waals surface area contributed by atoms with Gasteiger partial charge in [-0.1, -0.05) is 48.5 Å². The molecule has 0 radical (unpaired) electrons. The summed E-state index contributed by atoms with van der Waals surface area (Å²) < 4.78 is 5.27. The lowest BCUT2D eigenvalue weighted by atomic mass is 10.1. The standard InChI is InChI=1S/C22H27NO3S/c1-16-9-7-8-12-20(16)27-15-21(24)26-18(3)22(25)23-17(2)13-14-19-10-5-4-6-11-19/h4-12,17-18H,13-15H2,1-3H3,(H,23,25)/t17-,18+/m0/s1. The molecule has 0 aliphatic heterocycles. The molecule has 0 spiro atoms. The van der Waals surface area contributed by atoms with Gasteiger partial charge in [0.1, 0.15) is 0 Å². The lowest BCUT2D eigenvalue weighted by Crippen LogP contribution is -2.41. The fraction of sp³-hybridized carbons (Fsp3) is 0.364. The third kappa shape index (κ3) is 7.47. The molecule has 144 valence electrons. The van der Waals surface area contributed by atoms with Crippen LogP contribution in [0.1, 0.15) is 31.4 Å². The molecule has 27 heavy (non-hydrogen) atoms. The molecule has 0 saturated heterocycles. The van der Waals surface area contributed by atoms with Crippen molar-refractivity contribution in [2.75, 3.05) is 5.75 Å². The Balaban J connectivity index is 1.70. The number of rotatable bonds is 9. The van der Waals surface area contributed by atoms with Crippen molar-refractivity contribution in [1.82, 2.24) is 5.32 Å². The first-order valence-corrected chi connectivity index (χ1v) is 10.2. The molecule has 4 nitrogen and oxygen atoms in total. The van der Waals surface area contributed by atoms with E-state index in [4.69, 9.17) is 4.74 Å². The minimum atomic E-state index is -0.797. The molecular weight excluding hydrogens is 358 g/mol. The van der Waals surface area contributed by atoms with Gasteiger partial charge in [0.05, 0.1) is 5.75 Å². The van der Waals surface area contributed by atoms with Crippen LogP contribution in [0.5, 0.6) is 0 Å². The highest BCUT2D eigenvalue weighted by Gasteiger charge is 2.19. The summed E-state index contributed by atoms with van der Waals surface area (Å²) in [6.45, 7) is 5.57. The normalized spacial score (nSPS) is 12.9. The number of hydrogen-bond donors (Lipinski definition) is 1. The van der Waals surface area contributed by atoms with Crippen molar-refractivity contribution < 1.29 is 14.3 Å². The van der Waals surface area contributed by atoms with E-state index in [2.05, 4.69) is 17.4 Å². The highest BCUT2D eigenvalue weighted by molar-refractivity contribution is 8.00. The van der Waals surface area contributed by atoms with Crippen LogP contribution in [-0.2, 0) is 20.7 Å². The van der Waals surface area contributed by atoms with Gasteiger partial charge >= 0.3 is 5.97 Å². The Morgan fingerprint density at radius 1 is 1.04 bits per heavy atom. The first-order chi connectivity index (χ1) is 13.0. The molecule has 1 amide bonds. The minimum Gasteiger partial charge on any atom is -0.452 e. The summed E-state index contributed by atoms with van der Waals surface area (Å²) in [6.07, 6.45) is 0.928. The van der Waals surface area contributed by atoms with Gasteiger partial charge in [-0.05, 0) is 50.8 Å². The zero-order valence-electron chi connectivity index (χ0n) is 16.1. The molecule has 0 unspecified atom stereocenters. The summed E-state index contributed by atoms with van der Waals surface area (Å²) >= 11 is 1.42. The van der Waals surface area contributed by atoms with Crippen molar-refractivity contribution in [2.24, 2.45) is 0 Å². The Labute approximate surface area is 165 Å². The van der Waals surface area contributed by atoms with Crippen LogP contribution >= 0.6 is 11.8 Å². The molecule has 2 atom stereocenters. The molecule has 0 bridgehead atoms. The maximum Gasteiger partial charge on any atom is 0.317 e. The van der Waals surface area contributed by atoms with E-state index in [9.17, 15) is 9.59 Å². The zero-order chi connectivity index (χ0) is 19.6. The van der Waals surface area contributed by atoms with E-state index in [1.807, 2.05) is 56.3 Å². The van der Waals surface area contributed by atoms with Gasteiger partial charge in [-0.15, -0.1) is 11.8 Å². The van der Waals surface area contributed by atoms with E-state index in [-0.39, 0.29) is 23.7 Å². The molecule has 0 heterocycles. The molecular formula is C22H27NO3S. The smallest absolute Gasteiger partial charge is 0.317 e. The Hall–Kier alpha value is -2.27. The minimum absolute atomic E-state index is 0.0141. The van der Waals surface area contributed by atoms with Crippen molar-refractivity contribution in [3.05, 3.63) is 65.7 Å². The summed E-state index contributed by atoms with van der Waals surface area (Å²) in [5, 5.41) is 2.92. The van der Waals surface area contributed by atoms with Crippen LogP contribution in [0.25, 0.3) is 0 Å². The second kappa shape index (κ2) is 10.8. The van der Waals surface area contributed by atoms with Crippen LogP contribution in [0.4, 0.5) is 0 Å². The van der Waals surface area contributed by atoms with E-state index in [0.717, 1.165) is 23.3 Å². The third-order valence-electron chi connectivity index (χ3n) is 4.21. The second-order valence-electron chi connectivity index (χ2n) is 6.62. The summed E-state index contributed by atoms with van der Waals surface area (Å²) in [4.78, 5) is 25.3. The molecule has 0 aliphatic rings. The van der Waals surface area contributed by atoms with Gasteiger partial charge in [0.15, 0.2) is 6.10 Å². The van der Waals surface area contributed by atoms with Gasteiger partial charge in [0, 0.05) is 10.9 Å². The average Bonchev–Trinajstić information content (AvgIpc) is 2.66. The van der Waals surface area contributed by atoms with E-state index >= 15 is 0 Å². The quantitative estimate of drug-likeness (QED) is 0.520. The van der Waals surface area contributed by atoms with Gasteiger partial charge in [-0.2, -0.15) is 0 Å². The molecule has 0 aromatic heterocycles. The number of benzene rings is 2. The van der Waals surface area contributed by atoms with Gasteiger partial charge in [0.2, 0.25) is 0 Å². The van der Waals surface area contributed by atoms with Crippen LogP contribution in [0, 0.1) is 6.92 Å². The fourth-order valence-electron chi connectivity index (χ4n) is 2.60. The number of hydrogen-bond acceptors (Lipinski definition) is 4. The summed E-state index contributed by atoms with van der Waals surface area (Å²) in [5.74, 6) is -0.459. The first-order valence-electron chi connectivity index (χ1n) is 9.18. The first kappa shape index (κ1) is 21.0. The molecule has 1 N–H and O–H groups in total. The maximum atomic E-state index is 12.2. The van der Waals surface area contributed by atoms with Gasteiger partial charge in [-0.25, -0.2) is 0 Å². The topological polar surface area (TPSA) is 55.4 Å². The van der Waals surface area contributed by atoms with Crippen molar-refractivity contribution in [3.8, 4) is 0 Å². The summed E-state index contributed by atoms with van der Waals surface area (Å²) in [7, 11) is 0. The van der Waals surface area contributed by atoms with Crippen molar-refractivity contribution in [3.63, 3.8) is 0 Å². The largest absolute Gasteiger partial charge is 0.452 e. The van der Waals surface area contributed by atoms with Crippen LogP contribution < -0.4 is 5.32 Å².